The number of pyridine rings is 1. The van der Waals surface area contributed by atoms with Gasteiger partial charge in [0.05, 0.1) is 17.7 Å². The molecule has 3 rings (SSSR count). The van der Waals surface area contributed by atoms with Crippen LogP contribution in [0.25, 0.3) is 22.6 Å². The molecule has 1 N–H and O–H groups in total. The average Bonchev–Trinajstić information content (AvgIpc) is 2.85. The molecule has 102 valence electrons. The number of rotatable bonds is 3. The number of benzene rings is 1. The minimum absolute atomic E-state index is 0.0703. The lowest BCUT2D eigenvalue weighted by Crippen LogP contribution is -1.93. The van der Waals surface area contributed by atoms with Crippen molar-refractivity contribution in [2.24, 2.45) is 0 Å². The molecule has 4 nitrogen and oxygen atoms in total. The van der Waals surface area contributed by atoms with Crippen LogP contribution < -0.4 is 4.74 Å². The molecular weight excluding hydrogens is 264 g/mol. The van der Waals surface area contributed by atoms with Gasteiger partial charge < -0.3 is 9.72 Å². The zero-order valence-electron chi connectivity index (χ0n) is 10.7. The van der Waals surface area contributed by atoms with Crippen LogP contribution in [0.1, 0.15) is 6.92 Å². The number of hydrogen-bond donors (Lipinski definition) is 1. The van der Waals surface area contributed by atoms with Gasteiger partial charge in [-0.15, -0.1) is 0 Å². The minimum Gasteiger partial charge on any atom is -0.478 e. The van der Waals surface area contributed by atoms with Crippen molar-refractivity contribution < 1.29 is 13.5 Å². The third kappa shape index (κ3) is 2.09. The molecular formula is C14H11F2N3O. The Labute approximate surface area is 113 Å². The minimum atomic E-state index is -0.934. The quantitative estimate of drug-likeness (QED) is 0.798. The number of aromatic nitrogens is 3. The number of H-pyrrole nitrogens is 1. The lowest BCUT2D eigenvalue weighted by atomic mass is 10.2. The van der Waals surface area contributed by atoms with Crippen molar-refractivity contribution in [2.75, 3.05) is 6.61 Å². The number of ether oxygens (including phenoxy) is 1. The van der Waals surface area contributed by atoms with Gasteiger partial charge in [0.1, 0.15) is 5.82 Å². The largest absolute Gasteiger partial charge is 0.478 e. The standard InChI is InChI=1S/C14H11F2N3O/c1-2-20-11-7-6-10-14(18-11)19-13(17-10)8-4-3-5-9(15)12(8)16/h3-7H,2H2,1H3,(H,17,18,19). The Morgan fingerprint density at radius 3 is 2.80 bits per heavy atom. The third-order valence-corrected chi connectivity index (χ3v) is 2.82. The van der Waals surface area contributed by atoms with Gasteiger partial charge in [0, 0.05) is 6.07 Å². The number of nitrogens with zero attached hydrogens (tertiary/aromatic N) is 2. The predicted molar refractivity (Wildman–Crippen MR) is 70.4 cm³/mol. The van der Waals surface area contributed by atoms with Crippen LogP contribution in [0.3, 0.4) is 0 Å². The van der Waals surface area contributed by atoms with Crippen LogP contribution in [0.15, 0.2) is 30.3 Å². The van der Waals surface area contributed by atoms with Crippen LogP contribution in [0.2, 0.25) is 0 Å². The molecule has 2 heterocycles. The van der Waals surface area contributed by atoms with Crippen molar-refractivity contribution in [3.63, 3.8) is 0 Å². The normalized spacial score (nSPS) is 10.9. The molecule has 2 aromatic heterocycles. The van der Waals surface area contributed by atoms with E-state index in [2.05, 4.69) is 15.0 Å². The SMILES string of the molecule is CCOc1ccc2[nH]c(-c3cccc(F)c3F)nc2n1. The average molecular weight is 275 g/mol. The smallest absolute Gasteiger partial charge is 0.215 e. The first-order valence-electron chi connectivity index (χ1n) is 6.13. The van der Waals surface area contributed by atoms with E-state index in [9.17, 15) is 8.78 Å². The van der Waals surface area contributed by atoms with Crippen molar-refractivity contribution >= 4 is 11.2 Å². The fourth-order valence-electron chi connectivity index (χ4n) is 1.92. The Bertz CT molecular complexity index is 770. The Morgan fingerprint density at radius 1 is 1.15 bits per heavy atom. The van der Waals surface area contributed by atoms with E-state index in [0.717, 1.165) is 6.07 Å². The molecule has 0 saturated carbocycles. The van der Waals surface area contributed by atoms with Crippen LogP contribution in [0, 0.1) is 11.6 Å². The maximum Gasteiger partial charge on any atom is 0.215 e. The monoisotopic (exact) mass is 275 g/mol. The highest BCUT2D eigenvalue weighted by molar-refractivity contribution is 5.76. The van der Waals surface area contributed by atoms with Gasteiger partial charge in [0.25, 0.3) is 0 Å². The molecule has 0 aliphatic heterocycles. The number of fused-ring (bicyclic) bond motifs is 1. The lowest BCUT2D eigenvalue weighted by Gasteiger charge is -1.99. The van der Waals surface area contributed by atoms with E-state index in [1.54, 1.807) is 12.1 Å². The molecule has 20 heavy (non-hydrogen) atoms. The summed E-state index contributed by atoms with van der Waals surface area (Å²) in [5.41, 5.74) is 1.10. The second kappa shape index (κ2) is 4.88. The molecule has 1 aromatic carbocycles. The molecule has 3 aromatic rings. The van der Waals surface area contributed by atoms with Crippen LogP contribution in [-0.2, 0) is 0 Å². The molecule has 0 atom stereocenters. The van der Waals surface area contributed by atoms with E-state index in [1.807, 2.05) is 6.92 Å². The number of hydrogen-bond acceptors (Lipinski definition) is 3. The first kappa shape index (κ1) is 12.5. The Morgan fingerprint density at radius 2 is 2.00 bits per heavy atom. The number of nitrogens with one attached hydrogen (secondary N) is 1. The molecule has 0 radical (unpaired) electrons. The van der Waals surface area contributed by atoms with Crippen molar-refractivity contribution in [2.45, 2.75) is 6.92 Å². The van der Waals surface area contributed by atoms with Gasteiger partial charge >= 0.3 is 0 Å². The first-order valence-corrected chi connectivity index (χ1v) is 6.13. The van der Waals surface area contributed by atoms with Gasteiger partial charge in [-0.1, -0.05) is 6.07 Å². The molecule has 0 spiro atoms. The fourth-order valence-corrected chi connectivity index (χ4v) is 1.92. The second-order valence-electron chi connectivity index (χ2n) is 4.14. The summed E-state index contributed by atoms with van der Waals surface area (Å²) in [5.74, 6) is -1.17. The summed E-state index contributed by atoms with van der Waals surface area (Å²) in [6, 6.07) is 7.38. The van der Waals surface area contributed by atoms with Gasteiger partial charge in [0.2, 0.25) is 5.88 Å². The van der Waals surface area contributed by atoms with Gasteiger partial charge in [0.15, 0.2) is 17.3 Å². The Balaban J connectivity index is 2.10. The zero-order valence-corrected chi connectivity index (χ0v) is 10.7. The number of aromatic amines is 1. The highest BCUT2D eigenvalue weighted by Gasteiger charge is 2.14. The summed E-state index contributed by atoms with van der Waals surface area (Å²) in [4.78, 5) is 11.3. The Kier molecular flexibility index (Phi) is 3.06. The number of imidazole rings is 1. The maximum absolute atomic E-state index is 13.7. The maximum atomic E-state index is 13.7. The van der Waals surface area contributed by atoms with Crippen molar-refractivity contribution in [1.82, 2.24) is 15.0 Å². The van der Waals surface area contributed by atoms with E-state index in [-0.39, 0.29) is 11.4 Å². The van der Waals surface area contributed by atoms with E-state index >= 15 is 0 Å². The van der Waals surface area contributed by atoms with Crippen LogP contribution in [0.4, 0.5) is 8.78 Å². The summed E-state index contributed by atoms with van der Waals surface area (Å²) < 4.78 is 32.2. The van der Waals surface area contributed by atoms with E-state index in [0.29, 0.717) is 23.7 Å². The van der Waals surface area contributed by atoms with Crippen molar-refractivity contribution in [1.29, 1.82) is 0 Å². The first-order chi connectivity index (χ1) is 9.69. The van der Waals surface area contributed by atoms with Gasteiger partial charge in [-0.05, 0) is 25.1 Å². The molecule has 0 saturated heterocycles. The van der Waals surface area contributed by atoms with Gasteiger partial charge in [-0.25, -0.2) is 13.8 Å². The van der Waals surface area contributed by atoms with Crippen molar-refractivity contribution in [3.05, 3.63) is 42.0 Å². The lowest BCUT2D eigenvalue weighted by molar-refractivity contribution is 0.328. The molecule has 0 aliphatic rings. The molecule has 0 bridgehead atoms. The summed E-state index contributed by atoms with van der Waals surface area (Å²) >= 11 is 0. The highest BCUT2D eigenvalue weighted by Crippen LogP contribution is 2.24. The number of halogens is 2. The molecule has 6 heteroatoms. The Hall–Kier alpha value is -2.50. The van der Waals surface area contributed by atoms with Crippen LogP contribution in [-0.4, -0.2) is 21.6 Å². The molecule has 0 aliphatic carbocycles. The van der Waals surface area contributed by atoms with E-state index < -0.39 is 11.6 Å². The molecule has 0 amide bonds. The molecule has 0 unspecified atom stereocenters. The van der Waals surface area contributed by atoms with Crippen LogP contribution >= 0.6 is 0 Å². The topological polar surface area (TPSA) is 50.8 Å². The predicted octanol–water partition coefficient (Wildman–Crippen LogP) is 3.30. The van der Waals surface area contributed by atoms with E-state index in [1.165, 1.54) is 12.1 Å². The summed E-state index contributed by atoms with van der Waals surface area (Å²) in [7, 11) is 0. The van der Waals surface area contributed by atoms with Gasteiger partial charge in [-0.3, -0.25) is 0 Å². The summed E-state index contributed by atoms with van der Waals surface area (Å²) in [6.45, 7) is 2.35. The van der Waals surface area contributed by atoms with Gasteiger partial charge in [-0.2, -0.15) is 4.98 Å². The summed E-state index contributed by atoms with van der Waals surface area (Å²) in [5, 5.41) is 0. The van der Waals surface area contributed by atoms with E-state index in [4.69, 9.17) is 4.74 Å². The molecule has 0 fully saturated rings. The van der Waals surface area contributed by atoms with Crippen LogP contribution in [0.5, 0.6) is 5.88 Å². The third-order valence-electron chi connectivity index (χ3n) is 2.82. The summed E-state index contributed by atoms with van der Waals surface area (Å²) in [6.07, 6.45) is 0. The second-order valence-corrected chi connectivity index (χ2v) is 4.14. The highest BCUT2D eigenvalue weighted by atomic mass is 19.2. The zero-order chi connectivity index (χ0) is 14.1. The van der Waals surface area contributed by atoms with Crippen molar-refractivity contribution in [3.8, 4) is 17.3 Å². The fraction of sp³-hybridized carbons (Fsp3) is 0.143.